The maximum absolute atomic E-state index is 2.59. The van der Waals surface area contributed by atoms with E-state index in [1.807, 2.05) is 0 Å². The number of benzene rings is 2. The minimum absolute atomic E-state index is 0. The minimum atomic E-state index is 0. The highest BCUT2D eigenvalue weighted by molar-refractivity contribution is 5.85. The second-order valence-electron chi connectivity index (χ2n) is 6.13. The zero-order valence-corrected chi connectivity index (χ0v) is 14.2. The molecule has 0 bridgehead atoms. The van der Waals surface area contributed by atoms with Gasteiger partial charge in [-0.2, -0.15) is 0 Å². The summed E-state index contributed by atoms with van der Waals surface area (Å²) in [4.78, 5) is 2.59. The van der Waals surface area contributed by atoms with Gasteiger partial charge in [0.2, 0.25) is 0 Å². The summed E-state index contributed by atoms with van der Waals surface area (Å²) in [6.45, 7) is 5.75. The zero-order chi connectivity index (χ0) is 14.5. The van der Waals surface area contributed by atoms with Crippen LogP contribution in [0.3, 0.4) is 0 Å². The van der Waals surface area contributed by atoms with Crippen molar-refractivity contribution in [2.45, 2.75) is 38.6 Å². The summed E-state index contributed by atoms with van der Waals surface area (Å²) in [6.07, 6.45) is 3.71. The van der Waals surface area contributed by atoms with Crippen LogP contribution < -0.4 is 0 Å². The lowest BCUT2D eigenvalue weighted by molar-refractivity contribution is 0.204. The van der Waals surface area contributed by atoms with Gasteiger partial charge in [-0.1, -0.05) is 61.5 Å². The Bertz CT molecular complexity index is 542. The molecule has 1 saturated heterocycles. The summed E-state index contributed by atoms with van der Waals surface area (Å²) >= 11 is 0. The van der Waals surface area contributed by atoms with Crippen LogP contribution in [0.25, 0.3) is 0 Å². The number of nitrogens with zero attached hydrogens (tertiary/aromatic N) is 1. The van der Waals surface area contributed by atoms with E-state index in [0.717, 1.165) is 18.9 Å². The molecule has 2 aromatic rings. The number of likely N-dealkylation sites (tertiary alicyclic amines) is 1. The van der Waals surface area contributed by atoms with Gasteiger partial charge in [-0.3, -0.25) is 4.90 Å². The second kappa shape index (κ2) is 8.36. The molecule has 1 aliphatic heterocycles. The van der Waals surface area contributed by atoms with E-state index in [-0.39, 0.29) is 12.4 Å². The maximum atomic E-state index is 2.59. The van der Waals surface area contributed by atoms with E-state index >= 15 is 0 Å². The molecule has 0 atom stereocenters. The molecule has 0 aliphatic carbocycles. The molecule has 0 spiro atoms. The Morgan fingerprint density at radius 3 is 2.09 bits per heavy atom. The number of rotatable bonds is 4. The number of hydrogen-bond acceptors (Lipinski definition) is 1. The third-order valence-corrected chi connectivity index (χ3v) is 4.70. The zero-order valence-electron chi connectivity index (χ0n) is 13.4. The fourth-order valence-electron chi connectivity index (χ4n) is 3.29. The van der Waals surface area contributed by atoms with E-state index in [0.29, 0.717) is 0 Å². The summed E-state index contributed by atoms with van der Waals surface area (Å²) in [6, 6.07) is 20.1. The van der Waals surface area contributed by atoms with Gasteiger partial charge in [-0.15, -0.1) is 12.4 Å². The molecule has 22 heavy (non-hydrogen) atoms. The largest absolute Gasteiger partial charge is 0.299 e. The van der Waals surface area contributed by atoms with Gasteiger partial charge in [0.1, 0.15) is 0 Å². The molecule has 1 heterocycles. The van der Waals surface area contributed by atoms with E-state index < -0.39 is 0 Å². The minimum Gasteiger partial charge on any atom is -0.299 e. The van der Waals surface area contributed by atoms with Crippen LogP contribution in [0.2, 0.25) is 0 Å². The average molecular weight is 316 g/mol. The topological polar surface area (TPSA) is 3.24 Å². The van der Waals surface area contributed by atoms with Crippen molar-refractivity contribution >= 4 is 12.4 Å². The Kier molecular flexibility index (Phi) is 6.48. The molecule has 1 aliphatic rings. The first-order valence-electron chi connectivity index (χ1n) is 8.20. The Morgan fingerprint density at radius 2 is 1.50 bits per heavy atom. The van der Waals surface area contributed by atoms with Gasteiger partial charge in [0.05, 0.1) is 0 Å². The van der Waals surface area contributed by atoms with Crippen molar-refractivity contribution < 1.29 is 0 Å². The lowest BCUT2D eigenvalue weighted by Gasteiger charge is -2.32. The van der Waals surface area contributed by atoms with Crippen LogP contribution in [0.4, 0.5) is 0 Å². The van der Waals surface area contributed by atoms with Gasteiger partial charge in [0.15, 0.2) is 0 Å². The number of aryl methyl sites for hydroxylation is 1. The average Bonchev–Trinajstić information content (AvgIpc) is 2.57. The van der Waals surface area contributed by atoms with E-state index in [1.165, 1.54) is 42.6 Å². The molecular formula is C20H26ClN. The third-order valence-electron chi connectivity index (χ3n) is 4.70. The Hall–Kier alpha value is -1.31. The monoisotopic (exact) mass is 315 g/mol. The first-order valence-corrected chi connectivity index (χ1v) is 8.20. The molecule has 0 amide bonds. The van der Waals surface area contributed by atoms with Crippen LogP contribution in [0.5, 0.6) is 0 Å². The van der Waals surface area contributed by atoms with E-state index in [2.05, 4.69) is 66.4 Å². The number of piperidine rings is 1. The predicted octanol–water partition coefficient (Wildman–Crippen LogP) is 5.05. The van der Waals surface area contributed by atoms with Gasteiger partial charge in [0.25, 0.3) is 0 Å². The Balaban J connectivity index is 0.00000176. The Labute approximate surface area is 140 Å². The fourth-order valence-corrected chi connectivity index (χ4v) is 3.29. The summed E-state index contributed by atoms with van der Waals surface area (Å²) in [5, 5.41) is 0. The molecule has 0 saturated carbocycles. The molecule has 3 rings (SSSR count). The van der Waals surface area contributed by atoms with Crippen molar-refractivity contribution in [3.8, 4) is 0 Å². The van der Waals surface area contributed by atoms with E-state index in [1.54, 1.807) is 0 Å². The summed E-state index contributed by atoms with van der Waals surface area (Å²) < 4.78 is 0. The first-order chi connectivity index (χ1) is 10.3. The van der Waals surface area contributed by atoms with Crippen LogP contribution in [-0.2, 0) is 13.0 Å². The summed E-state index contributed by atoms with van der Waals surface area (Å²) in [5.74, 6) is 0.753. The van der Waals surface area contributed by atoms with Gasteiger partial charge in [0, 0.05) is 6.54 Å². The molecule has 2 heteroatoms. The highest BCUT2D eigenvalue weighted by Crippen LogP contribution is 2.28. The quantitative estimate of drug-likeness (QED) is 0.763. The summed E-state index contributed by atoms with van der Waals surface area (Å²) in [5.41, 5.74) is 4.41. The molecule has 1 fully saturated rings. The van der Waals surface area contributed by atoms with Gasteiger partial charge in [-0.25, -0.2) is 0 Å². The van der Waals surface area contributed by atoms with Crippen molar-refractivity contribution in [3.05, 3.63) is 71.3 Å². The van der Waals surface area contributed by atoms with Crippen molar-refractivity contribution in [2.24, 2.45) is 0 Å². The molecule has 0 aromatic heterocycles. The van der Waals surface area contributed by atoms with Crippen LogP contribution in [0, 0.1) is 0 Å². The maximum Gasteiger partial charge on any atom is 0.0233 e. The standard InChI is InChI=1S/C20H25N.ClH/c1-2-17-8-10-19(11-9-17)20-12-14-21(15-13-20)16-18-6-4-3-5-7-18;/h3-11,20H,2,12-16H2,1H3;1H. The normalized spacial score (nSPS) is 16.2. The lowest BCUT2D eigenvalue weighted by atomic mass is 9.88. The smallest absolute Gasteiger partial charge is 0.0233 e. The highest BCUT2D eigenvalue weighted by Gasteiger charge is 2.20. The second-order valence-corrected chi connectivity index (χ2v) is 6.13. The molecule has 0 radical (unpaired) electrons. The van der Waals surface area contributed by atoms with Crippen LogP contribution >= 0.6 is 12.4 Å². The van der Waals surface area contributed by atoms with Crippen LogP contribution in [-0.4, -0.2) is 18.0 Å². The molecule has 0 N–H and O–H groups in total. The fraction of sp³-hybridized carbons (Fsp3) is 0.400. The van der Waals surface area contributed by atoms with Gasteiger partial charge in [-0.05, 0) is 55.0 Å². The lowest BCUT2D eigenvalue weighted by Crippen LogP contribution is -2.32. The van der Waals surface area contributed by atoms with Crippen molar-refractivity contribution in [2.75, 3.05) is 13.1 Å². The van der Waals surface area contributed by atoms with E-state index in [4.69, 9.17) is 0 Å². The molecule has 1 nitrogen and oxygen atoms in total. The highest BCUT2D eigenvalue weighted by atomic mass is 35.5. The summed E-state index contributed by atoms with van der Waals surface area (Å²) in [7, 11) is 0. The number of hydrogen-bond donors (Lipinski definition) is 0. The Morgan fingerprint density at radius 1 is 0.864 bits per heavy atom. The molecule has 118 valence electrons. The van der Waals surface area contributed by atoms with Gasteiger partial charge < -0.3 is 0 Å². The van der Waals surface area contributed by atoms with Crippen molar-refractivity contribution in [1.29, 1.82) is 0 Å². The van der Waals surface area contributed by atoms with Gasteiger partial charge >= 0.3 is 0 Å². The van der Waals surface area contributed by atoms with Crippen molar-refractivity contribution in [1.82, 2.24) is 4.90 Å². The van der Waals surface area contributed by atoms with Crippen molar-refractivity contribution in [3.63, 3.8) is 0 Å². The first kappa shape index (κ1) is 17.1. The SMILES string of the molecule is CCc1ccc(C2CCN(Cc3ccccc3)CC2)cc1.Cl. The molecule has 2 aromatic carbocycles. The van der Waals surface area contributed by atoms with Crippen LogP contribution in [0.15, 0.2) is 54.6 Å². The third kappa shape index (κ3) is 4.34. The number of halogens is 1. The van der Waals surface area contributed by atoms with E-state index in [9.17, 15) is 0 Å². The molecule has 0 unspecified atom stereocenters. The van der Waals surface area contributed by atoms with Crippen LogP contribution in [0.1, 0.15) is 42.4 Å². The molecular weight excluding hydrogens is 290 g/mol. The predicted molar refractivity (Wildman–Crippen MR) is 96.8 cm³/mol.